The van der Waals surface area contributed by atoms with Gasteiger partial charge in [-0.1, -0.05) is 28.4 Å². The van der Waals surface area contributed by atoms with E-state index >= 15 is 0 Å². The fourth-order valence-electron chi connectivity index (χ4n) is 13.6. The third-order valence-electron chi connectivity index (χ3n) is 18.7. The Bertz CT molecular complexity index is 4640. The molecule has 0 saturated carbocycles. The summed E-state index contributed by atoms with van der Waals surface area (Å²) < 4.78 is 154. The highest BCUT2D eigenvalue weighted by Crippen LogP contribution is 2.66. The van der Waals surface area contributed by atoms with Crippen molar-refractivity contribution in [1.29, 1.82) is 0 Å². The Morgan fingerprint density at radius 1 is 0.241 bits per heavy atom. The number of benzene rings is 12. The third-order valence-corrected chi connectivity index (χ3v) is 21.7. The zero-order chi connectivity index (χ0) is 76.5. The van der Waals surface area contributed by atoms with Gasteiger partial charge in [-0.2, -0.15) is 26.3 Å². The maximum atomic E-state index is 11.5. The molecular formula is C83H69F6N5O12S2. The van der Waals surface area contributed by atoms with E-state index in [2.05, 4.69) is 189 Å². The minimum absolute atomic E-state index is 0.493. The van der Waals surface area contributed by atoms with Crippen molar-refractivity contribution in [3.8, 4) is 68.2 Å². The Balaban J connectivity index is 0.000000619. The quantitative estimate of drug-likeness (QED) is 0.0636. The average Bonchev–Trinajstić information content (AvgIpc) is 1.50. The summed E-state index contributed by atoms with van der Waals surface area (Å²) in [5.41, 5.74) is 6.91. The number of halogens is 6. The van der Waals surface area contributed by atoms with E-state index in [0.29, 0.717) is 0 Å². The predicted molar refractivity (Wildman–Crippen MR) is 407 cm³/mol. The number of methoxy groups -OCH3 is 8. The van der Waals surface area contributed by atoms with Crippen molar-refractivity contribution in [3.05, 3.63) is 289 Å². The molecule has 17 nitrogen and oxygen atoms in total. The van der Waals surface area contributed by atoms with Gasteiger partial charge >= 0.3 is 31.1 Å². The SMILES string of the molecule is COc1ccc(N(c2ccc(OC)cc2)c2ccc3c(c2)C2(c4cc(N(c5ccc(OC)cc5)c5ccc(OC)cc5)ccc4-3)c3cc(N(c4ccc(OC)cc4)c4ccc(OC)cc4)ccc3-c3ccc(N(c4ccc(OC)cc4)c4ccc(OC)cc4)cc32)cc1.O=S(=O)(NS(=O)(=O)C(F)(F)F)C(F)(F)F. The Kier molecular flexibility index (Phi) is 20.5. The number of nitrogens with one attached hydrogen (secondary N) is 1. The van der Waals surface area contributed by atoms with E-state index in [1.165, 1.54) is 0 Å². The molecule has 552 valence electrons. The minimum Gasteiger partial charge on any atom is -0.497 e. The summed E-state index contributed by atoms with van der Waals surface area (Å²) in [5, 5.41) is 0. The lowest BCUT2D eigenvalue weighted by Gasteiger charge is -2.35. The van der Waals surface area contributed by atoms with Crippen molar-refractivity contribution in [2.45, 2.75) is 16.4 Å². The average molecular weight is 1510 g/mol. The molecule has 12 aromatic rings. The maximum Gasteiger partial charge on any atom is 0.512 e. The summed E-state index contributed by atoms with van der Waals surface area (Å²) >= 11 is 0. The van der Waals surface area contributed by atoms with Crippen LogP contribution in [0, 0.1) is 0 Å². The topological polar surface area (TPSA) is 167 Å². The van der Waals surface area contributed by atoms with Gasteiger partial charge in [-0.15, -0.1) is 0 Å². The first-order chi connectivity index (χ1) is 51.9. The molecule has 1 spiro atoms. The summed E-state index contributed by atoms with van der Waals surface area (Å²) in [6.07, 6.45) is 0. The lowest BCUT2D eigenvalue weighted by atomic mass is 9.70. The van der Waals surface area contributed by atoms with E-state index in [9.17, 15) is 43.2 Å². The molecule has 0 radical (unpaired) electrons. The molecule has 0 bridgehead atoms. The number of fused-ring (bicyclic) bond motifs is 10. The fraction of sp³-hybridized carbons (Fsp3) is 0.133. The number of alkyl halides is 6. The van der Waals surface area contributed by atoms with Crippen molar-refractivity contribution in [2.24, 2.45) is 0 Å². The van der Waals surface area contributed by atoms with Gasteiger partial charge in [0.05, 0.1) is 62.3 Å². The van der Waals surface area contributed by atoms with Crippen LogP contribution >= 0.6 is 0 Å². The number of rotatable bonds is 22. The van der Waals surface area contributed by atoms with Crippen LogP contribution in [0.2, 0.25) is 0 Å². The fourth-order valence-corrected chi connectivity index (χ4v) is 15.5. The maximum absolute atomic E-state index is 11.5. The second-order valence-corrected chi connectivity index (χ2v) is 28.2. The Labute approximate surface area is 620 Å². The highest BCUT2D eigenvalue weighted by molar-refractivity contribution is 8.05. The number of anilines is 12. The largest absolute Gasteiger partial charge is 0.512 e. The zero-order valence-electron chi connectivity index (χ0n) is 59.2. The molecule has 0 heterocycles. The minimum atomic E-state index is -6.60. The number of nitrogens with zero attached hydrogens (tertiary/aromatic N) is 4. The van der Waals surface area contributed by atoms with Gasteiger partial charge in [-0.25, -0.2) is 16.8 Å². The van der Waals surface area contributed by atoms with Crippen LogP contribution in [0.1, 0.15) is 22.3 Å². The van der Waals surface area contributed by atoms with Crippen LogP contribution in [0.25, 0.3) is 22.3 Å². The normalized spacial score (nSPS) is 12.4. The molecule has 2 aliphatic rings. The van der Waals surface area contributed by atoms with Gasteiger partial charge < -0.3 is 57.5 Å². The van der Waals surface area contributed by atoms with Crippen LogP contribution in [-0.4, -0.2) is 84.7 Å². The van der Waals surface area contributed by atoms with Crippen LogP contribution in [0.3, 0.4) is 0 Å². The first kappa shape index (κ1) is 74.0. The lowest BCUT2D eigenvalue weighted by molar-refractivity contribution is -0.0476. The summed E-state index contributed by atoms with van der Waals surface area (Å²) in [6, 6.07) is 93.9. The van der Waals surface area contributed by atoms with Crippen LogP contribution in [0.5, 0.6) is 46.0 Å². The van der Waals surface area contributed by atoms with Gasteiger partial charge in [0.15, 0.2) is 0 Å². The first-order valence-electron chi connectivity index (χ1n) is 33.2. The van der Waals surface area contributed by atoms with Crippen molar-refractivity contribution < 1.29 is 81.1 Å². The van der Waals surface area contributed by atoms with E-state index in [-0.39, 0.29) is 0 Å². The molecule has 1 N–H and O–H groups in total. The van der Waals surface area contributed by atoms with Crippen molar-refractivity contribution in [3.63, 3.8) is 0 Å². The molecular weight excluding hydrogens is 1440 g/mol. The molecule has 2 aliphatic carbocycles. The molecule has 0 unspecified atom stereocenters. The predicted octanol–water partition coefficient (Wildman–Crippen LogP) is 20.3. The lowest BCUT2D eigenvalue weighted by Crippen LogP contribution is -2.45. The van der Waals surface area contributed by atoms with Crippen molar-refractivity contribution in [1.82, 2.24) is 4.13 Å². The summed E-state index contributed by atoms with van der Waals surface area (Å²) in [7, 11) is 0.371. The van der Waals surface area contributed by atoms with Crippen LogP contribution in [0.4, 0.5) is 94.6 Å². The van der Waals surface area contributed by atoms with Gasteiger partial charge in [0.25, 0.3) is 0 Å². The van der Waals surface area contributed by atoms with Gasteiger partial charge in [-0.3, -0.25) is 0 Å². The Morgan fingerprint density at radius 3 is 0.509 bits per heavy atom. The molecule has 0 aromatic heterocycles. The van der Waals surface area contributed by atoms with Crippen LogP contribution < -0.4 is 61.6 Å². The van der Waals surface area contributed by atoms with Crippen molar-refractivity contribution in [2.75, 3.05) is 76.5 Å². The van der Waals surface area contributed by atoms with E-state index in [0.717, 1.165) is 159 Å². The standard InChI is InChI=1S/C81H68N4O8.C2HF6NO4S2/c1-86-65-29-9-53(10-30-65)82(54-11-31-66(87-2)32-12-54)61-25-45-73-74-46-26-62(83(55-13-33-67(88-3)34-14-55)56-15-35-68(89-4)36-16-56)50-78(74)81(77(73)49-61)79-51-63(84(57-17-37-69(90-5)38-18-57)58-19-39-70(91-6)40-20-58)27-47-75(79)76-48-28-64(52-80(76)81)85(59-21-41-71(92-7)42-22-59)60-23-43-72(93-8)44-24-60;3-1(4,5)14(10,11)9-15(12,13)2(6,7)8/h9-52H,1-8H3;9H. The van der Waals surface area contributed by atoms with Crippen LogP contribution in [0.15, 0.2) is 267 Å². The highest BCUT2D eigenvalue weighted by Gasteiger charge is 2.56. The summed E-state index contributed by atoms with van der Waals surface area (Å²) in [6.45, 7) is 0. The number of sulfonamides is 2. The zero-order valence-corrected chi connectivity index (χ0v) is 60.8. The van der Waals surface area contributed by atoms with Crippen molar-refractivity contribution >= 4 is 88.3 Å². The summed E-state index contributed by atoms with van der Waals surface area (Å²) in [5.74, 6) is 6.06. The first-order valence-corrected chi connectivity index (χ1v) is 36.2. The molecule has 108 heavy (non-hydrogen) atoms. The Hall–Kier alpha value is -12.3. The summed E-state index contributed by atoms with van der Waals surface area (Å²) in [4.78, 5) is 9.24. The molecule has 25 heteroatoms. The number of hydrogen-bond donors (Lipinski definition) is 1. The molecule has 0 aliphatic heterocycles. The molecule has 14 rings (SSSR count). The molecule has 0 atom stereocenters. The second-order valence-electron chi connectivity index (χ2n) is 24.6. The van der Waals surface area contributed by atoms with Gasteiger partial charge in [0, 0.05) is 68.2 Å². The Morgan fingerprint density at radius 2 is 0.380 bits per heavy atom. The monoisotopic (exact) mass is 1510 g/mol. The van der Waals surface area contributed by atoms with Gasteiger partial charge in [0.2, 0.25) is 0 Å². The highest BCUT2D eigenvalue weighted by atomic mass is 32.3. The van der Waals surface area contributed by atoms with E-state index < -0.39 is 40.6 Å². The smallest absolute Gasteiger partial charge is 0.497 e. The third kappa shape index (κ3) is 14.0. The molecule has 0 fully saturated rings. The number of hydrogen-bond acceptors (Lipinski definition) is 16. The molecule has 0 amide bonds. The van der Waals surface area contributed by atoms with E-state index in [1.807, 2.05) is 97.1 Å². The van der Waals surface area contributed by atoms with Crippen LogP contribution in [-0.2, 0) is 25.5 Å². The van der Waals surface area contributed by atoms with Gasteiger partial charge in [0.1, 0.15) is 46.0 Å². The van der Waals surface area contributed by atoms with E-state index in [4.69, 9.17) is 37.9 Å². The molecule has 12 aromatic carbocycles. The second kappa shape index (κ2) is 29.9. The molecule has 0 saturated heterocycles. The van der Waals surface area contributed by atoms with E-state index in [1.54, 1.807) is 56.9 Å². The number of ether oxygens (including phenoxy) is 8. The van der Waals surface area contributed by atoms with Gasteiger partial charge in [-0.05, 0) is 287 Å².